The van der Waals surface area contributed by atoms with Gasteiger partial charge in [-0.1, -0.05) is 13.0 Å². The van der Waals surface area contributed by atoms with Crippen molar-refractivity contribution in [1.82, 2.24) is 4.90 Å². The van der Waals surface area contributed by atoms with Gasteiger partial charge in [-0.3, -0.25) is 4.79 Å². The zero-order chi connectivity index (χ0) is 15.4. The van der Waals surface area contributed by atoms with Crippen molar-refractivity contribution in [1.29, 1.82) is 0 Å². The van der Waals surface area contributed by atoms with Gasteiger partial charge in [0.2, 0.25) is 5.91 Å². The van der Waals surface area contributed by atoms with Gasteiger partial charge in [-0.15, -0.1) is 0 Å². The molecule has 1 aromatic rings. The van der Waals surface area contributed by atoms with Gasteiger partial charge in [-0.05, 0) is 24.1 Å². The monoisotopic (exact) mass is 295 g/mol. The minimum atomic E-state index is -0.290. The summed E-state index contributed by atoms with van der Waals surface area (Å²) in [5.41, 5.74) is 0.778. The third kappa shape index (κ3) is 3.65. The normalized spacial score (nSPS) is 20.3. The number of carbonyl (C=O) groups is 1. The molecule has 0 spiro atoms. The molecule has 0 aromatic heterocycles. The van der Waals surface area contributed by atoms with E-state index in [1.165, 1.54) is 12.1 Å². The minimum absolute atomic E-state index is 0.0371. The summed E-state index contributed by atoms with van der Waals surface area (Å²) in [4.78, 5) is 14.1. The molecule has 6 heteroatoms. The number of phenolic OH excluding ortho intramolecular Hbond substituents is 2. The molecule has 1 aliphatic heterocycles. The van der Waals surface area contributed by atoms with Crippen LogP contribution in [-0.2, 0) is 16.0 Å². The largest absolute Gasteiger partial charge is 0.504 e. The van der Waals surface area contributed by atoms with Crippen LogP contribution in [0, 0.1) is 5.92 Å². The van der Waals surface area contributed by atoms with E-state index in [1.807, 2.05) is 6.92 Å². The molecule has 1 aromatic carbocycles. The number of rotatable bonds is 4. The molecule has 0 saturated carbocycles. The van der Waals surface area contributed by atoms with Crippen LogP contribution in [0.1, 0.15) is 12.5 Å². The summed E-state index contributed by atoms with van der Waals surface area (Å²) in [6.07, 6.45) is 0.460. The van der Waals surface area contributed by atoms with E-state index in [9.17, 15) is 20.1 Å². The molecule has 0 aliphatic carbocycles. The lowest BCUT2D eigenvalue weighted by Crippen LogP contribution is -2.52. The molecule has 21 heavy (non-hydrogen) atoms. The summed E-state index contributed by atoms with van der Waals surface area (Å²) in [7, 11) is 0. The fraction of sp³-hybridized carbons (Fsp3) is 0.533. The molecule has 0 bridgehead atoms. The Bertz CT molecular complexity index is 505. The number of nitrogens with zero attached hydrogens (tertiary/aromatic N) is 1. The van der Waals surface area contributed by atoms with Crippen LogP contribution < -0.4 is 0 Å². The van der Waals surface area contributed by atoms with Crippen molar-refractivity contribution in [2.75, 3.05) is 26.4 Å². The maximum atomic E-state index is 12.5. The molecule has 1 amide bonds. The van der Waals surface area contributed by atoms with E-state index < -0.39 is 0 Å². The van der Waals surface area contributed by atoms with Crippen LogP contribution in [-0.4, -0.2) is 58.5 Å². The molecule has 6 nitrogen and oxygen atoms in total. The Morgan fingerprint density at radius 3 is 2.86 bits per heavy atom. The van der Waals surface area contributed by atoms with Gasteiger partial charge >= 0.3 is 0 Å². The van der Waals surface area contributed by atoms with Crippen LogP contribution in [0.25, 0.3) is 0 Å². The molecular weight excluding hydrogens is 274 g/mol. The number of ether oxygens (including phenoxy) is 1. The van der Waals surface area contributed by atoms with Crippen molar-refractivity contribution in [3.8, 4) is 11.5 Å². The van der Waals surface area contributed by atoms with E-state index >= 15 is 0 Å². The lowest BCUT2D eigenvalue weighted by atomic mass is 9.98. The topological polar surface area (TPSA) is 90.2 Å². The molecule has 1 fully saturated rings. The van der Waals surface area contributed by atoms with Crippen molar-refractivity contribution < 1.29 is 24.9 Å². The molecule has 3 N–H and O–H groups in total. The Hall–Kier alpha value is -1.79. The quantitative estimate of drug-likeness (QED) is 0.704. The maximum Gasteiger partial charge on any atom is 0.226 e. The van der Waals surface area contributed by atoms with Crippen molar-refractivity contribution in [2.45, 2.75) is 19.4 Å². The van der Waals surface area contributed by atoms with Crippen LogP contribution in [0.5, 0.6) is 11.5 Å². The van der Waals surface area contributed by atoms with Gasteiger partial charge in [0.25, 0.3) is 0 Å². The number of hydrogen-bond donors (Lipinski definition) is 3. The average molecular weight is 295 g/mol. The molecule has 2 rings (SSSR count). The van der Waals surface area contributed by atoms with Crippen molar-refractivity contribution in [3.63, 3.8) is 0 Å². The Kier molecular flexibility index (Phi) is 5.03. The lowest BCUT2D eigenvalue weighted by molar-refractivity contribution is -0.145. The van der Waals surface area contributed by atoms with E-state index in [4.69, 9.17) is 4.74 Å². The Labute approximate surface area is 123 Å². The molecule has 1 saturated heterocycles. The van der Waals surface area contributed by atoms with Gasteiger partial charge in [0, 0.05) is 12.5 Å². The number of carbonyl (C=O) groups excluding carboxylic acids is 1. The minimum Gasteiger partial charge on any atom is -0.504 e. The summed E-state index contributed by atoms with van der Waals surface area (Å²) in [5.74, 6) is -0.677. The van der Waals surface area contributed by atoms with Crippen LogP contribution in [0.15, 0.2) is 18.2 Å². The first kappa shape index (κ1) is 15.6. The van der Waals surface area contributed by atoms with Crippen molar-refractivity contribution in [3.05, 3.63) is 23.8 Å². The van der Waals surface area contributed by atoms with Crippen molar-refractivity contribution >= 4 is 5.91 Å². The molecule has 2 unspecified atom stereocenters. The van der Waals surface area contributed by atoms with E-state index in [0.717, 1.165) is 5.56 Å². The molecule has 1 heterocycles. The van der Waals surface area contributed by atoms with Gasteiger partial charge in [-0.2, -0.15) is 0 Å². The van der Waals surface area contributed by atoms with Crippen molar-refractivity contribution in [2.24, 2.45) is 5.92 Å². The Balaban J connectivity index is 2.02. The summed E-state index contributed by atoms with van der Waals surface area (Å²) in [6.45, 7) is 3.02. The maximum absolute atomic E-state index is 12.5. The highest BCUT2D eigenvalue weighted by atomic mass is 16.5. The fourth-order valence-electron chi connectivity index (χ4n) is 2.52. The van der Waals surface area contributed by atoms with Gasteiger partial charge in [0.1, 0.15) is 0 Å². The van der Waals surface area contributed by atoms with Crippen LogP contribution in [0.2, 0.25) is 0 Å². The number of phenols is 2. The Morgan fingerprint density at radius 1 is 1.43 bits per heavy atom. The third-order valence-corrected chi connectivity index (χ3v) is 3.72. The first-order chi connectivity index (χ1) is 10.0. The molecule has 2 atom stereocenters. The first-order valence-corrected chi connectivity index (χ1v) is 7.03. The Morgan fingerprint density at radius 2 is 2.19 bits per heavy atom. The molecule has 0 radical (unpaired) electrons. The lowest BCUT2D eigenvalue weighted by Gasteiger charge is -2.36. The number of aliphatic hydroxyl groups is 1. The standard InChI is InChI=1S/C15H21NO5/c1-10(6-11-2-3-13(18)14(19)7-11)15(20)16-4-5-21-9-12(16)8-17/h2-3,7,10,12,17-19H,4-6,8-9H2,1H3. The summed E-state index contributed by atoms with van der Waals surface area (Å²) in [6, 6.07) is 4.26. The average Bonchev–Trinajstić information content (AvgIpc) is 2.50. The van der Waals surface area contributed by atoms with Crippen LogP contribution >= 0.6 is 0 Å². The number of hydrogen-bond acceptors (Lipinski definition) is 5. The van der Waals surface area contributed by atoms with Crippen LogP contribution in [0.4, 0.5) is 0 Å². The summed E-state index contributed by atoms with van der Waals surface area (Å²) >= 11 is 0. The SMILES string of the molecule is CC(Cc1ccc(O)c(O)c1)C(=O)N1CCOCC1CO. The predicted octanol–water partition coefficient (Wildman–Crippen LogP) is 0.496. The fourth-order valence-corrected chi connectivity index (χ4v) is 2.52. The van der Waals surface area contributed by atoms with Gasteiger partial charge in [0.15, 0.2) is 11.5 Å². The second-order valence-electron chi connectivity index (χ2n) is 5.37. The summed E-state index contributed by atoms with van der Waals surface area (Å²) in [5, 5.41) is 28.1. The van der Waals surface area contributed by atoms with Gasteiger partial charge in [-0.25, -0.2) is 0 Å². The number of aliphatic hydroxyl groups excluding tert-OH is 1. The zero-order valence-corrected chi connectivity index (χ0v) is 12.0. The number of aromatic hydroxyl groups is 2. The highest BCUT2D eigenvalue weighted by Gasteiger charge is 2.29. The van der Waals surface area contributed by atoms with Gasteiger partial charge in [0.05, 0.1) is 25.9 Å². The molecular formula is C15H21NO5. The predicted molar refractivity (Wildman–Crippen MR) is 76.0 cm³/mol. The smallest absolute Gasteiger partial charge is 0.226 e. The second-order valence-corrected chi connectivity index (χ2v) is 5.37. The number of amides is 1. The van der Waals surface area contributed by atoms with E-state index in [2.05, 4.69) is 0 Å². The summed E-state index contributed by atoms with van der Waals surface area (Å²) < 4.78 is 5.27. The zero-order valence-electron chi connectivity index (χ0n) is 12.0. The van der Waals surface area contributed by atoms with Gasteiger partial charge < -0.3 is 25.0 Å². The highest BCUT2D eigenvalue weighted by molar-refractivity contribution is 5.79. The van der Waals surface area contributed by atoms with E-state index in [-0.39, 0.29) is 36.0 Å². The van der Waals surface area contributed by atoms with Crippen LogP contribution in [0.3, 0.4) is 0 Å². The number of benzene rings is 1. The van der Waals surface area contributed by atoms with E-state index in [0.29, 0.717) is 26.2 Å². The number of morpholine rings is 1. The third-order valence-electron chi connectivity index (χ3n) is 3.72. The second kappa shape index (κ2) is 6.78. The molecule has 116 valence electrons. The first-order valence-electron chi connectivity index (χ1n) is 7.03. The molecule has 1 aliphatic rings. The van der Waals surface area contributed by atoms with E-state index in [1.54, 1.807) is 11.0 Å². The highest BCUT2D eigenvalue weighted by Crippen LogP contribution is 2.26.